The van der Waals surface area contributed by atoms with E-state index in [0.29, 0.717) is 0 Å². The number of hydrogen-bond donors (Lipinski definition) is 1. The van der Waals surface area contributed by atoms with Crippen LogP contribution < -0.4 is 4.90 Å². The van der Waals surface area contributed by atoms with E-state index in [4.69, 9.17) is 0 Å². The second-order valence-corrected chi connectivity index (χ2v) is 6.53. The number of anilines is 1. The highest BCUT2D eigenvalue weighted by Crippen LogP contribution is 2.28. The van der Waals surface area contributed by atoms with Gasteiger partial charge in [0.05, 0.1) is 17.4 Å². The summed E-state index contributed by atoms with van der Waals surface area (Å²) >= 11 is 0. The predicted octanol–water partition coefficient (Wildman–Crippen LogP) is 4.32. The summed E-state index contributed by atoms with van der Waals surface area (Å²) in [6.45, 7) is 0.734. The summed E-state index contributed by atoms with van der Waals surface area (Å²) in [5, 5.41) is 2.29. The Morgan fingerprint density at radius 2 is 1.88 bits per heavy atom. The molecule has 0 saturated heterocycles. The monoisotopic (exact) mass is 339 g/mol. The predicted molar refractivity (Wildman–Crippen MR) is 105 cm³/mol. The second-order valence-electron chi connectivity index (χ2n) is 6.53. The molecule has 0 fully saturated rings. The molecule has 126 valence electrons. The summed E-state index contributed by atoms with van der Waals surface area (Å²) in [5.41, 5.74) is 5.12. The van der Waals surface area contributed by atoms with Crippen molar-refractivity contribution in [1.29, 1.82) is 0 Å². The molecule has 0 radical (unpaired) electrons. The van der Waals surface area contributed by atoms with Gasteiger partial charge < -0.3 is 9.88 Å². The summed E-state index contributed by atoms with van der Waals surface area (Å²) in [6.07, 6.45) is 6.15. The lowest BCUT2D eigenvalue weighted by Gasteiger charge is -2.14. The van der Waals surface area contributed by atoms with Crippen molar-refractivity contribution in [3.63, 3.8) is 0 Å². The Morgan fingerprint density at radius 3 is 2.85 bits per heavy atom. The first-order valence-corrected chi connectivity index (χ1v) is 8.73. The van der Waals surface area contributed by atoms with E-state index in [-0.39, 0.29) is 5.91 Å². The molecular formula is C22H17N3O. The summed E-state index contributed by atoms with van der Waals surface area (Å²) in [5.74, 6) is -0.00391. The molecule has 0 spiro atoms. The van der Waals surface area contributed by atoms with Crippen LogP contribution in [0.1, 0.15) is 11.3 Å². The highest BCUT2D eigenvalue weighted by atomic mass is 16.2. The number of hydrogen-bond acceptors (Lipinski definition) is 2. The smallest absolute Gasteiger partial charge is 0.251 e. The van der Waals surface area contributed by atoms with E-state index >= 15 is 0 Å². The molecule has 0 unspecified atom stereocenters. The van der Waals surface area contributed by atoms with Gasteiger partial charge >= 0.3 is 0 Å². The molecule has 0 saturated carbocycles. The molecule has 5 rings (SSSR count). The van der Waals surface area contributed by atoms with Crippen LogP contribution in [0.4, 0.5) is 5.69 Å². The maximum Gasteiger partial charge on any atom is 0.251 e. The Balaban J connectivity index is 1.45. The van der Waals surface area contributed by atoms with Crippen molar-refractivity contribution >= 4 is 39.5 Å². The average Bonchev–Trinajstić information content (AvgIpc) is 3.27. The Kier molecular flexibility index (Phi) is 3.35. The number of nitrogens with one attached hydrogen (secondary N) is 1. The van der Waals surface area contributed by atoms with Crippen LogP contribution in [-0.2, 0) is 11.2 Å². The van der Waals surface area contributed by atoms with Crippen molar-refractivity contribution in [3.8, 4) is 0 Å². The highest BCUT2D eigenvalue weighted by Gasteiger charge is 2.22. The third-order valence-electron chi connectivity index (χ3n) is 4.96. The first-order chi connectivity index (χ1) is 12.8. The lowest BCUT2D eigenvalue weighted by Crippen LogP contribution is -2.26. The number of nitrogens with zero attached hydrogens (tertiary/aromatic N) is 2. The zero-order valence-corrected chi connectivity index (χ0v) is 14.1. The summed E-state index contributed by atoms with van der Waals surface area (Å²) in [6, 6.07) is 18.3. The van der Waals surface area contributed by atoms with Crippen molar-refractivity contribution in [1.82, 2.24) is 9.97 Å². The average molecular weight is 339 g/mol. The zero-order valence-electron chi connectivity index (χ0n) is 14.1. The highest BCUT2D eigenvalue weighted by molar-refractivity contribution is 6.08. The molecule has 1 N–H and O–H groups in total. The van der Waals surface area contributed by atoms with Gasteiger partial charge in [-0.3, -0.25) is 9.78 Å². The molecule has 1 aliphatic heterocycles. The Morgan fingerprint density at radius 1 is 1.04 bits per heavy atom. The minimum atomic E-state index is -0.00391. The molecule has 1 amide bonds. The van der Waals surface area contributed by atoms with Crippen molar-refractivity contribution in [2.24, 2.45) is 0 Å². The Hall–Kier alpha value is -3.40. The Bertz CT molecular complexity index is 1170. The molecular weight excluding hydrogens is 322 g/mol. The fourth-order valence-corrected chi connectivity index (χ4v) is 3.67. The molecule has 0 atom stereocenters. The van der Waals surface area contributed by atoms with Crippen molar-refractivity contribution in [3.05, 3.63) is 78.1 Å². The van der Waals surface area contributed by atoms with Crippen LogP contribution in [-0.4, -0.2) is 22.4 Å². The van der Waals surface area contributed by atoms with Crippen LogP contribution in [0.5, 0.6) is 0 Å². The number of carbonyl (C=O) groups is 1. The van der Waals surface area contributed by atoms with Gasteiger partial charge in [0.2, 0.25) is 0 Å². The number of H-pyrrole nitrogens is 1. The van der Waals surface area contributed by atoms with Crippen LogP contribution in [0.15, 0.2) is 66.9 Å². The normalized spacial score (nSPS) is 13.8. The third kappa shape index (κ3) is 2.39. The first-order valence-electron chi connectivity index (χ1n) is 8.73. The molecule has 1 aliphatic rings. The van der Waals surface area contributed by atoms with Gasteiger partial charge in [-0.05, 0) is 36.3 Å². The van der Waals surface area contributed by atoms with Crippen molar-refractivity contribution in [2.45, 2.75) is 6.42 Å². The van der Waals surface area contributed by atoms with E-state index < -0.39 is 0 Å². The largest absolute Gasteiger partial charge is 0.353 e. The summed E-state index contributed by atoms with van der Waals surface area (Å²) in [7, 11) is 0. The first kappa shape index (κ1) is 14.9. The van der Waals surface area contributed by atoms with Gasteiger partial charge in [-0.15, -0.1) is 0 Å². The fourth-order valence-electron chi connectivity index (χ4n) is 3.67. The maximum absolute atomic E-state index is 12.6. The molecule has 4 nitrogen and oxygen atoms in total. The van der Waals surface area contributed by atoms with Gasteiger partial charge in [0.15, 0.2) is 0 Å². The summed E-state index contributed by atoms with van der Waals surface area (Å²) < 4.78 is 0. The van der Waals surface area contributed by atoms with E-state index in [2.05, 4.69) is 28.2 Å². The van der Waals surface area contributed by atoms with Crippen LogP contribution in [0.25, 0.3) is 27.9 Å². The van der Waals surface area contributed by atoms with E-state index in [1.165, 1.54) is 10.9 Å². The number of aromatic amines is 1. The van der Waals surface area contributed by atoms with Gasteiger partial charge in [-0.1, -0.05) is 36.4 Å². The van der Waals surface area contributed by atoms with Crippen molar-refractivity contribution < 1.29 is 4.79 Å². The van der Waals surface area contributed by atoms with E-state index in [1.807, 2.05) is 47.5 Å². The van der Waals surface area contributed by atoms with Gasteiger partial charge in [-0.2, -0.15) is 0 Å². The van der Waals surface area contributed by atoms with Gasteiger partial charge in [0.1, 0.15) is 0 Å². The number of rotatable bonds is 2. The minimum Gasteiger partial charge on any atom is -0.353 e. The quantitative estimate of drug-likeness (QED) is 0.553. The standard InChI is InChI=1S/C22H17N3O/c26-22(25-12-11-15-5-1-4-8-21(15)25)10-9-16-13-18-17-6-2-3-7-19(17)24-20(18)14-23-16/h1-10,13-14,24H,11-12H2/b10-9+. The molecule has 3 heterocycles. The summed E-state index contributed by atoms with van der Waals surface area (Å²) in [4.78, 5) is 22.3. The van der Waals surface area contributed by atoms with Crippen molar-refractivity contribution in [2.75, 3.05) is 11.4 Å². The van der Waals surface area contributed by atoms with Gasteiger partial charge in [0, 0.05) is 34.6 Å². The third-order valence-corrected chi connectivity index (χ3v) is 4.96. The van der Waals surface area contributed by atoms with Gasteiger partial charge in [-0.25, -0.2) is 0 Å². The zero-order chi connectivity index (χ0) is 17.5. The SMILES string of the molecule is O=C(/C=C/c1cc2c(cn1)[nH]c1ccccc12)N1CCc2ccccc21. The maximum atomic E-state index is 12.6. The molecule has 0 bridgehead atoms. The second kappa shape index (κ2) is 5.85. The van der Waals surface area contributed by atoms with Crippen LogP contribution in [0, 0.1) is 0 Å². The lowest BCUT2D eigenvalue weighted by atomic mass is 10.1. The van der Waals surface area contributed by atoms with E-state index in [9.17, 15) is 4.79 Å². The molecule has 4 aromatic rings. The number of fused-ring (bicyclic) bond motifs is 4. The Labute approximate surface area is 150 Å². The molecule has 0 aliphatic carbocycles. The number of pyridine rings is 1. The number of aromatic nitrogens is 2. The number of amides is 1. The van der Waals surface area contributed by atoms with Crippen LogP contribution >= 0.6 is 0 Å². The molecule has 2 aromatic heterocycles. The number of carbonyl (C=O) groups excluding carboxylic acids is 1. The number of para-hydroxylation sites is 2. The lowest BCUT2D eigenvalue weighted by molar-refractivity contribution is -0.114. The fraction of sp³-hybridized carbons (Fsp3) is 0.0909. The number of benzene rings is 2. The molecule has 2 aromatic carbocycles. The van der Waals surface area contributed by atoms with Crippen LogP contribution in [0.3, 0.4) is 0 Å². The van der Waals surface area contributed by atoms with Gasteiger partial charge in [0.25, 0.3) is 5.91 Å². The molecule has 4 heteroatoms. The van der Waals surface area contributed by atoms with E-state index in [1.54, 1.807) is 12.2 Å². The minimum absolute atomic E-state index is 0.00391. The topological polar surface area (TPSA) is 49.0 Å². The van der Waals surface area contributed by atoms with E-state index in [0.717, 1.165) is 40.8 Å². The van der Waals surface area contributed by atoms with Crippen LogP contribution in [0.2, 0.25) is 0 Å². The molecule has 26 heavy (non-hydrogen) atoms.